The van der Waals surface area contributed by atoms with Crippen LogP contribution in [-0.4, -0.2) is 49.2 Å². The van der Waals surface area contributed by atoms with Crippen molar-refractivity contribution in [1.82, 2.24) is 10.2 Å². The molecule has 0 heterocycles. The SMILES string of the molecule is CCOC1CC(NCCC(=O)N(CC)CC)C12CCCC2. The standard InChI is InChI=1S/C17H32N2O2/c1-4-19(5-2)16(20)9-12-18-14-13-15(21-6-3)17(14)10-7-8-11-17/h14-15,18H,4-13H2,1-3H3. The molecule has 0 radical (unpaired) electrons. The summed E-state index contributed by atoms with van der Waals surface area (Å²) in [5.74, 6) is 0.272. The van der Waals surface area contributed by atoms with Gasteiger partial charge in [-0.05, 0) is 40.0 Å². The Balaban J connectivity index is 1.77. The summed E-state index contributed by atoms with van der Waals surface area (Å²) in [5.41, 5.74) is 0.369. The predicted molar refractivity (Wildman–Crippen MR) is 85.3 cm³/mol. The monoisotopic (exact) mass is 296 g/mol. The average molecular weight is 296 g/mol. The van der Waals surface area contributed by atoms with Gasteiger partial charge < -0.3 is 15.0 Å². The van der Waals surface area contributed by atoms with E-state index >= 15 is 0 Å². The average Bonchev–Trinajstić information content (AvgIpc) is 2.99. The molecule has 2 rings (SSSR count). The van der Waals surface area contributed by atoms with Gasteiger partial charge in [0.25, 0.3) is 0 Å². The van der Waals surface area contributed by atoms with Crippen molar-refractivity contribution in [3.63, 3.8) is 0 Å². The lowest BCUT2D eigenvalue weighted by molar-refractivity contribution is -0.134. The number of amides is 1. The maximum Gasteiger partial charge on any atom is 0.223 e. The molecule has 0 aliphatic heterocycles. The molecule has 0 bridgehead atoms. The van der Waals surface area contributed by atoms with Crippen molar-refractivity contribution in [3.05, 3.63) is 0 Å². The second-order valence-corrected chi connectivity index (χ2v) is 6.44. The molecule has 1 amide bonds. The van der Waals surface area contributed by atoms with Gasteiger partial charge in [0.1, 0.15) is 0 Å². The second kappa shape index (κ2) is 7.59. The van der Waals surface area contributed by atoms with Crippen molar-refractivity contribution in [3.8, 4) is 0 Å². The van der Waals surface area contributed by atoms with Crippen LogP contribution in [0.25, 0.3) is 0 Å². The lowest BCUT2D eigenvalue weighted by Crippen LogP contribution is -2.63. The Labute approximate surface area is 129 Å². The number of carbonyl (C=O) groups excluding carboxylic acids is 1. The number of ether oxygens (including phenoxy) is 1. The predicted octanol–water partition coefficient (Wildman–Crippen LogP) is 2.57. The fourth-order valence-electron chi connectivity index (χ4n) is 4.26. The Morgan fingerprint density at radius 3 is 2.48 bits per heavy atom. The van der Waals surface area contributed by atoms with Crippen LogP contribution in [0.2, 0.25) is 0 Å². The topological polar surface area (TPSA) is 41.6 Å². The highest BCUT2D eigenvalue weighted by molar-refractivity contribution is 5.76. The molecule has 2 saturated carbocycles. The van der Waals surface area contributed by atoms with Gasteiger partial charge in [0.15, 0.2) is 0 Å². The van der Waals surface area contributed by atoms with Gasteiger partial charge >= 0.3 is 0 Å². The zero-order valence-electron chi connectivity index (χ0n) is 14.0. The van der Waals surface area contributed by atoms with Crippen LogP contribution in [0.15, 0.2) is 0 Å². The van der Waals surface area contributed by atoms with E-state index in [2.05, 4.69) is 12.2 Å². The highest BCUT2D eigenvalue weighted by Crippen LogP contribution is 2.54. The van der Waals surface area contributed by atoms with Crippen molar-refractivity contribution < 1.29 is 9.53 Å². The summed E-state index contributed by atoms with van der Waals surface area (Å²) in [4.78, 5) is 13.9. The first-order valence-corrected chi connectivity index (χ1v) is 8.80. The highest BCUT2D eigenvalue weighted by atomic mass is 16.5. The second-order valence-electron chi connectivity index (χ2n) is 6.44. The fourth-order valence-corrected chi connectivity index (χ4v) is 4.26. The minimum atomic E-state index is 0.272. The lowest BCUT2D eigenvalue weighted by Gasteiger charge is -2.54. The van der Waals surface area contributed by atoms with Gasteiger partial charge in [-0.2, -0.15) is 0 Å². The molecule has 2 fully saturated rings. The van der Waals surface area contributed by atoms with Gasteiger partial charge in [-0.1, -0.05) is 12.8 Å². The molecule has 1 N–H and O–H groups in total. The first-order chi connectivity index (χ1) is 10.2. The van der Waals surface area contributed by atoms with Crippen LogP contribution in [-0.2, 0) is 9.53 Å². The molecule has 0 saturated heterocycles. The summed E-state index contributed by atoms with van der Waals surface area (Å²) >= 11 is 0. The normalized spacial score (nSPS) is 26.8. The van der Waals surface area contributed by atoms with Gasteiger partial charge in [-0.3, -0.25) is 4.79 Å². The maximum absolute atomic E-state index is 12.0. The van der Waals surface area contributed by atoms with E-state index in [4.69, 9.17) is 4.74 Å². The van der Waals surface area contributed by atoms with E-state index in [0.717, 1.165) is 32.7 Å². The van der Waals surface area contributed by atoms with Crippen molar-refractivity contribution in [2.75, 3.05) is 26.2 Å². The smallest absolute Gasteiger partial charge is 0.223 e. The summed E-state index contributed by atoms with van der Waals surface area (Å²) in [7, 11) is 0. The Morgan fingerprint density at radius 1 is 1.24 bits per heavy atom. The molecule has 2 atom stereocenters. The van der Waals surface area contributed by atoms with Crippen molar-refractivity contribution in [2.45, 2.75) is 71.4 Å². The van der Waals surface area contributed by atoms with Crippen LogP contribution in [0.5, 0.6) is 0 Å². The van der Waals surface area contributed by atoms with E-state index in [1.54, 1.807) is 0 Å². The van der Waals surface area contributed by atoms with Crippen molar-refractivity contribution >= 4 is 5.91 Å². The first kappa shape index (κ1) is 16.8. The number of nitrogens with one attached hydrogen (secondary N) is 1. The van der Waals surface area contributed by atoms with Crippen LogP contribution in [0.1, 0.15) is 59.3 Å². The minimum absolute atomic E-state index is 0.272. The van der Waals surface area contributed by atoms with E-state index in [1.807, 2.05) is 18.7 Å². The Bertz CT molecular complexity index is 336. The molecular weight excluding hydrogens is 264 g/mol. The Morgan fingerprint density at radius 2 is 1.90 bits per heavy atom. The third kappa shape index (κ3) is 3.42. The molecule has 0 aromatic heterocycles. The van der Waals surface area contributed by atoms with Crippen LogP contribution in [0.4, 0.5) is 0 Å². The summed E-state index contributed by atoms with van der Waals surface area (Å²) in [6, 6.07) is 0.557. The molecular formula is C17H32N2O2. The van der Waals surface area contributed by atoms with Crippen LogP contribution in [0, 0.1) is 5.41 Å². The Kier molecular flexibility index (Phi) is 6.06. The number of rotatable bonds is 8. The largest absolute Gasteiger partial charge is 0.378 e. The van der Waals surface area contributed by atoms with Crippen LogP contribution >= 0.6 is 0 Å². The summed E-state index contributed by atoms with van der Waals surface area (Å²) in [5, 5.41) is 3.65. The van der Waals surface area contributed by atoms with Gasteiger partial charge in [0.05, 0.1) is 6.10 Å². The Hall–Kier alpha value is -0.610. The molecule has 2 aliphatic rings. The maximum atomic E-state index is 12.0. The molecule has 0 aromatic rings. The summed E-state index contributed by atoms with van der Waals surface area (Å²) in [6.07, 6.45) is 7.43. The first-order valence-electron chi connectivity index (χ1n) is 8.80. The minimum Gasteiger partial charge on any atom is -0.378 e. The molecule has 2 aliphatic carbocycles. The zero-order valence-corrected chi connectivity index (χ0v) is 14.0. The number of hydrogen-bond acceptors (Lipinski definition) is 3. The third-order valence-corrected chi connectivity index (χ3v) is 5.53. The number of nitrogens with zero attached hydrogens (tertiary/aromatic N) is 1. The van der Waals surface area contributed by atoms with E-state index in [1.165, 1.54) is 25.7 Å². The molecule has 4 nitrogen and oxygen atoms in total. The molecule has 21 heavy (non-hydrogen) atoms. The van der Waals surface area contributed by atoms with Crippen molar-refractivity contribution in [1.29, 1.82) is 0 Å². The van der Waals surface area contributed by atoms with Crippen molar-refractivity contribution in [2.24, 2.45) is 5.41 Å². The zero-order chi connectivity index (χ0) is 15.3. The fraction of sp³-hybridized carbons (Fsp3) is 0.941. The molecule has 4 heteroatoms. The summed E-state index contributed by atoms with van der Waals surface area (Å²) in [6.45, 7) is 9.43. The van der Waals surface area contributed by atoms with Gasteiger partial charge in [0.2, 0.25) is 5.91 Å². The molecule has 0 aromatic carbocycles. The van der Waals surface area contributed by atoms with Gasteiger partial charge in [0, 0.05) is 44.1 Å². The van der Waals surface area contributed by atoms with E-state index < -0.39 is 0 Å². The van der Waals surface area contributed by atoms with E-state index in [-0.39, 0.29) is 5.91 Å². The van der Waals surface area contributed by atoms with Gasteiger partial charge in [-0.15, -0.1) is 0 Å². The summed E-state index contributed by atoms with van der Waals surface area (Å²) < 4.78 is 5.93. The quantitative estimate of drug-likeness (QED) is 0.748. The molecule has 2 unspecified atom stereocenters. The third-order valence-electron chi connectivity index (χ3n) is 5.53. The van der Waals surface area contributed by atoms with E-state index in [9.17, 15) is 4.79 Å². The van der Waals surface area contributed by atoms with Crippen LogP contribution in [0.3, 0.4) is 0 Å². The number of hydrogen-bond donors (Lipinski definition) is 1. The molecule has 1 spiro atoms. The number of carbonyl (C=O) groups is 1. The lowest BCUT2D eigenvalue weighted by atomic mass is 9.60. The highest BCUT2D eigenvalue weighted by Gasteiger charge is 2.56. The van der Waals surface area contributed by atoms with Crippen LogP contribution < -0.4 is 5.32 Å². The molecule has 122 valence electrons. The van der Waals surface area contributed by atoms with E-state index in [0.29, 0.717) is 24.0 Å². The van der Waals surface area contributed by atoms with Gasteiger partial charge in [-0.25, -0.2) is 0 Å².